The fourth-order valence-electron chi connectivity index (χ4n) is 1.94. The van der Waals surface area contributed by atoms with Crippen LogP contribution in [0.25, 0.3) is 11.1 Å². The normalized spacial score (nSPS) is 10.9. The first-order valence-corrected chi connectivity index (χ1v) is 6.69. The van der Waals surface area contributed by atoms with Gasteiger partial charge in [0.05, 0.1) is 12.2 Å². The molecular formula is C17H14N4. The zero-order chi connectivity index (χ0) is 14.3. The average molecular weight is 274 g/mol. The summed E-state index contributed by atoms with van der Waals surface area (Å²) in [6.07, 6.45) is 7.13. The van der Waals surface area contributed by atoms with Crippen LogP contribution in [0.2, 0.25) is 0 Å². The van der Waals surface area contributed by atoms with Gasteiger partial charge in [0, 0.05) is 24.8 Å². The van der Waals surface area contributed by atoms with Crippen molar-refractivity contribution in [3.63, 3.8) is 0 Å². The van der Waals surface area contributed by atoms with E-state index < -0.39 is 0 Å². The van der Waals surface area contributed by atoms with Crippen molar-refractivity contribution in [2.45, 2.75) is 6.54 Å². The number of hydrogen-bond acceptors (Lipinski definition) is 4. The van der Waals surface area contributed by atoms with Gasteiger partial charge in [0.25, 0.3) is 0 Å². The zero-order valence-electron chi connectivity index (χ0n) is 11.4. The van der Waals surface area contributed by atoms with Crippen LogP contribution < -0.4 is 0 Å². The molecule has 21 heavy (non-hydrogen) atoms. The van der Waals surface area contributed by atoms with E-state index in [0.29, 0.717) is 6.54 Å². The van der Waals surface area contributed by atoms with E-state index in [-0.39, 0.29) is 0 Å². The van der Waals surface area contributed by atoms with Gasteiger partial charge in [-0.25, -0.2) is 0 Å². The number of azo groups is 1. The van der Waals surface area contributed by atoms with Crippen molar-refractivity contribution in [1.29, 1.82) is 0 Å². The Kier molecular flexibility index (Phi) is 4.07. The fraction of sp³-hybridized carbons (Fsp3) is 0.0588. The van der Waals surface area contributed by atoms with Crippen molar-refractivity contribution in [2.24, 2.45) is 10.2 Å². The molecule has 0 atom stereocenters. The molecule has 1 aromatic carbocycles. The van der Waals surface area contributed by atoms with Gasteiger partial charge in [-0.2, -0.15) is 10.2 Å². The molecule has 0 N–H and O–H groups in total. The van der Waals surface area contributed by atoms with Gasteiger partial charge in [-0.1, -0.05) is 18.2 Å². The van der Waals surface area contributed by atoms with Crippen LogP contribution in [0.5, 0.6) is 0 Å². The summed E-state index contributed by atoms with van der Waals surface area (Å²) >= 11 is 0. The summed E-state index contributed by atoms with van der Waals surface area (Å²) < 4.78 is 0. The number of nitrogens with zero attached hydrogens (tertiary/aromatic N) is 4. The van der Waals surface area contributed by atoms with Gasteiger partial charge in [0.1, 0.15) is 0 Å². The summed E-state index contributed by atoms with van der Waals surface area (Å²) in [5, 5.41) is 8.42. The lowest BCUT2D eigenvalue weighted by atomic mass is 10.1. The van der Waals surface area contributed by atoms with Crippen molar-refractivity contribution in [3.8, 4) is 11.1 Å². The maximum atomic E-state index is 4.23. The Bertz CT molecular complexity index is 707. The van der Waals surface area contributed by atoms with Crippen LogP contribution in [-0.2, 0) is 6.54 Å². The lowest BCUT2D eigenvalue weighted by molar-refractivity contribution is 0.955. The molecule has 4 heteroatoms. The first-order chi connectivity index (χ1) is 10.4. The third kappa shape index (κ3) is 3.57. The monoisotopic (exact) mass is 274 g/mol. The molecule has 0 amide bonds. The number of rotatable bonds is 4. The summed E-state index contributed by atoms with van der Waals surface area (Å²) in [6, 6.07) is 15.8. The van der Waals surface area contributed by atoms with Crippen LogP contribution in [0.3, 0.4) is 0 Å². The molecule has 0 aliphatic heterocycles. The van der Waals surface area contributed by atoms with Crippen LogP contribution >= 0.6 is 0 Å². The van der Waals surface area contributed by atoms with Gasteiger partial charge in [-0.3, -0.25) is 9.97 Å². The van der Waals surface area contributed by atoms with E-state index >= 15 is 0 Å². The van der Waals surface area contributed by atoms with Gasteiger partial charge >= 0.3 is 0 Å². The van der Waals surface area contributed by atoms with Gasteiger partial charge in [0.15, 0.2) is 0 Å². The van der Waals surface area contributed by atoms with Crippen LogP contribution in [0, 0.1) is 0 Å². The van der Waals surface area contributed by atoms with E-state index in [4.69, 9.17) is 0 Å². The molecule has 0 saturated heterocycles. The van der Waals surface area contributed by atoms with Crippen LogP contribution in [-0.4, -0.2) is 9.97 Å². The molecule has 3 rings (SSSR count). The van der Waals surface area contributed by atoms with Crippen molar-refractivity contribution >= 4 is 5.69 Å². The molecule has 0 aliphatic carbocycles. The first-order valence-electron chi connectivity index (χ1n) is 6.69. The van der Waals surface area contributed by atoms with Crippen LogP contribution in [0.15, 0.2) is 83.5 Å². The molecule has 0 saturated carbocycles. The Labute approximate surface area is 123 Å². The fourth-order valence-corrected chi connectivity index (χ4v) is 1.94. The van der Waals surface area contributed by atoms with Crippen LogP contribution in [0.4, 0.5) is 5.69 Å². The summed E-state index contributed by atoms with van der Waals surface area (Å²) in [6.45, 7) is 0.562. The Morgan fingerprint density at radius 1 is 0.762 bits per heavy atom. The maximum absolute atomic E-state index is 4.23. The highest BCUT2D eigenvalue weighted by Gasteiger charge is 1.97. The summed E-state index contributed by atoms with van der Waals surface area (Å²) in [5.41, 5.74) is 4.16. The zero-order valence-corrected chi connectivity index (χ0v) is 11.4. The van der Waals surface area contributed by atoms with E-state index in [1.54, 1.807) is 18.6 Å². The van der Waals surface area contributed by atoms with Crippen molar-refractivity contribution in [1.82, 2.24) is 9.97 Å². The second kappa shape index (κ2) is 6.52. The van der Waals surface area contributed by atoms with Gasteiger partial charge < -0.3 is 0 Å². The maximum Gasteiger partial charge on any atom is 0.0854 e. The highest BCUT2D eigenvalue weighted by molar-refractivity contribution is 5.64. The molecule has 4 nitrogen and oxygen atoms in total. The Hall–Kier alpha value is -2.88. The number of aromatic nitrogens is 2. The third-order valence-corrected chi connectivity index (χ3v) is 3.05. The van der Waals surface area contributed by atoms with Crippen molar-refractivity contribution in [3.05, 3.63) is 78.9 Å². The Balaban J connectivity index is 1.67. The molecule has 0 unspecified atom stereocenters. The van der Waals surface area contributed by atoms with E-state index in [1.165, 1.54) is 0 Å². The lowest BCUT2D eigenvalue weighted by Gasteiger charge is -2.00. The second-order valence-corrected chi connectivity index (χ2v) is 4.54. The average Bonchev–Trinajstić information content (AvgIpc) is 2.57. The topological polar surface area (TPSA) is 50.5 Å². The number of benzene rings is 1. The minimum Gasteiger partial charge on any atom is -0.265 e. The van der Waals surface area contributed by atoms with Gasteiger partial charge in [-0.05, 0) is 47.0 Å². The Morgan fingerprint density at radius 2 is 1.57 bits per heavy atom. The minimum absolute atomic E-state index is 0.562. The highest BCUT2D eigenvalue weighted by atomic mass is 15.1. The van der Waals surface area contributed by atoms with E-state index in [2.05, 4.69) is 20.2 Å². The van der Waals surface area contributed by atoms with E-state index in [9.17, 15) is 0 Å². The number of pyridine rings is 2. The summed E-state index contributed by atoms with van der Waals surface area (Å²) in [7, 11) is 0. The van der Waals surface area contributed by atoms with Gasteiger partial charge in [0.2, 0.25) is 0 Å². The predicted molar refractivity (Wildman–Crippen MR) is 82.1 cm³/mol. The number of hydrogen-bond donors (Lipinski definition) is 0. The van der Waals surface area contributed by atoms with Gasteiger partial charge in [-0.15, -0.1) is 0 Å². The highest BCUT2D eigenvalue weighted by Crippen LogP contribution is 2.22. The second-order valence-electron chi connectivity index (χ2n) is 4.54. The minimum atomic E-state index is 0.562. The van der Waals surface area contributed by atoms with E-state index in [0.717, 1.165) is 22.4 Å². The predicted octanol–water partition coefficient (Wildman–Crippen LogP) is 4.43. The summed E-state index contributed by atoms with van der Waals surface area (Å²) in [5.74, 6) is 0. The molecule has 102 valence electrons. The third-order valence-electron chi connectivity index (χ3n) is 3.05. The molecule has 3 aromatic rings. The lowest BCUT2D eigenvalue weighted by Crippen LogP contribution is -1.80. The first kappa shape index (κ1) is 13.1. The smallest absolute Gasteiger partial charge is 0.0854 e. The van der Waals surface area contributed by atoms with Crippen molar-refractivity contribution in [2.75, 3.05) is 0 Å². The Morgan fingerprint density at radius 3 is 2.29 bits per heavy atom. The standard InChI is InChI=1S/C17H14N4/c1-2-16(13-19-9-1)15-3-5-17(6-4-15)21-20-12-14-7-10-18-11-8-14/h1-11,13H,12H2. The molecule has 0 fully saturated rings. The van der Waals surface area contributed by atoms with Crippen LogP contribution in [0.1, 0.15) is 5.56 Å². The van der Waals surface area contributed by atoms with E-state index in [1.807, 2.05) is 54.7 Å². The summed E-state index contributed by atoms with van der Waals surface area (Å²) in [4.78, 5) is 8.09. The largest absolute Gasteiger partial charge is 0.265 e. The molecule has 2 aromatic heterocycles. The molecule has 2 heterocycles. The molecular weight excluding hydrogens is 260 g/mol. The molecule has 0 bridgehead atoms. The molecule has 0 radical (unpaired) electrons. The SMILES string of the molecule is c1cncc(-c2ccc(N=NCc3ccncc3)cc2)c1. The molecule has 0 aliphatic rings. The van der Waals surface area contributed by atoms with Crippen molar-refractivity contribution < 1.29 is 0 Å². The molecule has 0 spiro atoms. The quantitative estimate of drug-likeness (QED) is 0.661.